The van der Waals surface area contributed by atoms with E-state index in [-0.39, 0.29) is 24.2 Å². The van der Waals surface area contributed by atoms with Crippen molar-refractivity contribution in [3.8, 4) is 17.1 Å². The van der Waals surface area contributed by atoms with Gasteiger partial charge in [0.15, 0.2) is 5.60 Å². The highest BCUT2D eigenvalue weighted by Gasteiger charge is 2.45. The van der Waals surface area contributed by atoms with Crippen molar-refractivity contribution in [1.82, 2.24) is 9.55 Å². The summed E-state index contributed by atoms with van der Waals surface area (Å²) in [6.45, 7) is 14.3. The number of nitrogens with zero attached hydrogens (tertiary/aromatic N) is 2. The molecule has 0 saturated carbocycles. The summed E-state index contributed by atoms with van der Waals surface area (Å²) in [5.74, 6) is 0.00391. The van der Waals surface area contributed by atoms with Crippen LogP contribution in [0.5, 0.6) is 5.75 Å². The van der Waals surface area contributed by atoms with Crippen molar-refractivity contribution in [2.75, 3.05) is 0 Å². The number of rotatable bonds is 4. The van der Waals surface area contributed by atoms with Crippen molar-refractivity contribution in [3.05, 3.63) is 56.9 Å². The van der Waals surface area contributed by atoms with Crippen LogP contribution in [0.15, 0.2) is 29.1 Å². The molecule has 0 radical (unpaired) electrons. The van der Waals surface area contributed by atoms with Crippen LogP contribution in [0.2, 0.25) is 0 Å². The van der Waals surface area contributed by atoms with E-state index in [0.717, 1.165) is 27.8 Å². The molecule has 8 nitrogen and oxygen atoms in total. The summed E-state index contributed by atoms with van der Waals surface area (Å²) in [7, 11) is 0. The van der Waals surface area contributed by atoms with E-state index in [0.29, 0.717) is 35.7 Å². The molecule has 5 rings (SSSR count). The van der Waals surface area contributed by atoms with E-state index in [9.17, 15) is 14.7 Å². The number of carbonyl (C=O) groups excluding carboxylic acids is 1. The Morgan fingerprint density at radius 3 is 2.49 bits per heavy atom. The van der Waals surface area contributed by atoms with Crippen molar-refractivity contribution < 1.29 is 24.1 Å². The minimum Gasteiger partial charge on any atom is -0.488 e. The topological polar surface area (TPSA) is 99.9 Å². The third-order valence-electron chi connectivity index (χ3n) is 6.83. The van der Waals surface area contributed by atoms with E-state index < -0.39 is 17.2 Å². The molecule has 0 spiro atoms. The van der Waals surface area contributed by atoms with E-state index in [1.54, 1.807) is 17.6 Å². The predicted molar refractivity (Wildman–Crippen MR) is 139 cm³/mol. The number of aliphatic hydroxyl groups is 1. The fraction of sp³-hybridized carbons (Fsp3) is 0.483. The molecule has 196 valence electrons. The van der Waals surface area contributed by atoms with E-state index in [4.69, 9.17) is 19.2 Å². The molecular formula is C29H34N2O6. The molecule has 0 fully saturated rings. The first kappa shape index (κ1) is 25.4. The number of ether oxygens (including phenoxy) is 3. The molecule has 1 N–H and O–H groups in total. The molecule has 2 aliphatic heterocycles. The van der Waals surface area contributed by atoms with Gasteiger partial charge in [0.2, 0.25) is 0 Å². The van der Waals surface area contributed by atoms with Crippen LogP contribution in [0, 0.1) is 0 Å². The van der Waals surface area contributed by atoms with Gasteiger partial charge in [-0.1, -0.05) is 6.92 Å². The number of cyclic esters (lactones) is 1. The zero-order chi connectivity index (χ0) is 26.9. The maximum Gasteiger partial charge on any atom is 0.343 e. The average Bonchev–Trinajstić information content (AvgIpc) is 3.16. The molecule has 0 unspecified atom stereocenters. The third kappa shape index (κ3) is 4.32. The predicted octanol–water partition coefficient (Wildman–Crippen LogP) is 4.57. The highest BCUT2D eigenvalue weighted by atomic mass is 16.6. The highest BCUT2D eigenvalue weighted by molar-refractivity contribution is 5.89. The zero-order valence-electron chi connectivity index (χ0n) is 22.5. The van der Waals surface area contributed by atoms with Crippen LogP contribution < -0.4 is 10.3 Å². The molecule has 37 heavy (non-hydrogen) atoms. The first-order valence-corrected chi connectivity index (χ1v) is 12.7. The average molecular weight is 507 g/mol. The Hall–Kier alpha value is -3.23. The molecule has 1 aromatic carbocycles. The van der Waals surface area contributed by atoms with Crippen molar-refractivity contribution in [2.24, 2.45) is 0 Å². The van der Waals surface area contributed by atoms with Crippen LogP contribution in [0.1, 0.15) is 77.1 Å². The number of hydrogen-bond acceptors (Lipinski definition) is 7. The molecule has 4 heterocycles. The molecule has 0 amide bonds. The van der Waals surface area contributed by atoms with Crippen molar-refractivity contribution in [3.63, 3.8) is 0 Å². The molecule has 8 heteroatoms. The summed E-state index contributed by atoms with van der Waals surface area (Å²) >= 11 is 0. The number of pyridine rings is 2. The second-order valence-corrected chi connectivity index (χ2v) is 11.8. The summed E-state index contributed by atoms with van der Waals surface area (Å²) in [5.41, 5.74) is 1.54. The summed E-state index contributed by atoms with van der Waals surface area (Å²) in [6.07, 6.45) is 0.105. The summed E-state index contributed by atoms with van der Waals surface area (Å²) in [4.78, 5) is 30.8. The summed E-state index contributed by atoms with van der Waals surface area (Å²) in [5, 5.41) is 12.0. The van der Waals surface area contributed by atoms with Gasteiger partial charge in [0.1, 0.15) is 18.0 Å². The number of fused-ring (bicyclic) bond motifs is 5. The molecule has 0 bridgehead atoms. The lowest BCUT2D eigenvalue weighted by Gasteiger charge is -2.31. The van der Waals surface area contributed by atoms with Gasteiger partial charge in [0.05, 0.1) is 41.2 Å². The third-order valence-corrected chi connectivity index (χ3v) is 6.83. The molecule has 1 atom stereocenters. The number of aromatic nitrogens is 2. The van der Waals surface area contributed by atoms with Gasteiger partial charge in [-0.05, 0) is 72.2 Å². The fourth-order valence-electron chi connectivity index (χ4n) is 4.95. The quantitative estimate of drug-likeness (QED) is 0.405. The standard InChI is InChI=1S/C29H34N2O6/c1-8-29(34)20-12-22-24-16(13-31(22)25(32)19(20)14-35-26(29)33)11-17-18(15-36-27(2,3)4)23(37-28(5,6)7)10-9-21(17)30-24/h9-12,34H,8,13-15H2,1-7H3/t29-/m0/s1. The van der Waals surface area contributed by atoms with Crippen LogP contribution in [0.4, 0.5) is 0 Å². The maximum atomic E-state index is 13.5. The van der Waals surface area contributed by atoms with Gasteiger partial charge in [-0.25, -0.2) is 9.78 Å². The maximum absolute atomic E-state index is 13.5. The van der Waals surface area contributed by atoms with Gasteiger partial charge in [-0.3, -0.25) is 4.79 Å². The van der Waals surface area contributed by atoms with Gasteiger partial charge in [0, 0.05) is 22.1 Å². The summed E-state index contributed by atoms with van der Waals surface area (Å²) < 4.78 is 19.2. The monoisotopic (exact) mass is 506 g/mol. The summed E-state index contributed by atoms with van der Waals surface area (Å²) in [6, 6.07) is 7.60. The fourth-order valence-corrected chi connectivity index (χ4v) is 4.95. The smallest absolute Gasteiger partial charge is 0.343 e. The van der Waals surface area contributed by atoms with Gasteiger partial charge in [-0.2, -0.15) is 0 Å². The SMILES string of the molecule is CC[C@@]1(O)C(=O)OCc2c1cc1n(c2=O)Cc2cc3c(COC(C)(C)C)c(OC(C)(C)C)ccc3nc2-1. The minimum absolute atomic E-state index is 0.105. The van der Waals surface area contributed by atoms with E-state index in [1.165, 1.54) is 0 Å². The Balaban J connectivity index is 1.69. The number of benzene rings is 1. The Bertz CT molecular complexity index is 1490. The Labute approximate surface area is 216 Å². The highest BCUT2D eigenvalue weighted by Crippen LogP contribution is 2.40. The van der Waals surface area contributed by atoms with Crippen LogP contribution in [-0.2, 0) is 39.6 Å². The minimum atomic E-state index is -1.85. The van der Waals surface area contributed by atoms with Gasteiger partial charge in [0.25, 0.3) is 5.56 Å². The molecule has 2 aromatic heterocycles. The van der Waals surface area contributed by atoms with Gasteiger partial charge in [-0.15, -0.1) is 0 Å². The lowest BCUT2D eigenvalue weighted by molar-refractivity contribution is -0.172. The van der Waals surface area contributed by atoms with Crippen LogP contribution in [-0.4, -0.2) is 31.8 Å². The molecule has 0 saturated heterocycles. The Morgan fingerprint density at radius 1 is 1.11 bits per heavy atom. The zero-order valence-corrected chi connectivity index (χ0v) is 22.5. The Morgan fingerprint density at radius 2 is 1.84 bits per heavy atom. The number of esters is 1. The molecular weight excluding hydrogens is 472 g/mol. The first-order chi connectivity index (χ1) is 17.2. The van der Waals surface area contributed by atoms with Gasteiger partial charge < -0.3 is 23.9 Å². The van der Waals surface area contributed by atoms with E-state index >= 15 is 0 Å². The van der Waals surface area contributed by atoms with Crippen LogP contribution in [0.3, 0.4) is 0 Å². The lowest BCUT2D eigenvalue weighted by atomic mass is 9.86. The van der Waals surface area contributed by atoms with E-state index in [2.05, 4.69) is 0 Å². The second kappa shape index (κ2) is 8.39. The van der Waals surface area contributed by atoms with Crippen LogP contribution in [0.25, 0.3) is 22.3 Å². The lowest BCUT2D eigenvalue weighted by Crippen LogP contribution is -2.44. The van der Waals surface area contributed by atoms with Gasteiger partial charge >= 0.3 is 5.97 Å². The number of hydrogen-bond donors (Lipinski definition) is 1. The molecule has 2 aliphatic rings. The van der Waals surface area contributed by atoms with Crippen molar-refractivity contribution in [2.45, 2.75) is 91.4 Å². The molecule has 3 aromatic rings. The Kier molecular flexibility index (Phi) is 5.77. The first-order valence-electron chi connectivity index (χ1n) is 12.7. The van der Waals surface area contributed by atoms with Crippen molar-refractivity contribution >= 4 is 16.9 Å². The normalized spacial score (nSPS) is 18.9. The van der Waals surface area contributed by atoms with Crippen molar-refractivity contribution in [1.29, 1.82) is 0 Å². The number of carbonyl (C=O) groups is 1. The van der Waals surface area contributed by atoms with E-state index in [1.807, 2.05) is 59.7 Å². The largest absolute Gasteiger partial charge is 0.488 e. The van der Waals surface area contributed by atoms with Crippen LogP contribution >= 0.6 is 0 Å². The molecule has 0 aliphatic carbocycles. The second-order valence-electron chi connectivity index (χ2n) is 11.8.